The number of fused-ring (bicyclic) bond motifs is 3. The molecule has 0 fully saturated rings. The average molecular weight is 446 g/mol. The largest absolute Gasteiger partial charge is 0.390 e. The SMILES string of the molecule is CN.NC=NCCc1cc(Nc2ccc(Cl)c(F)c2)cc2c1[nH]c1ccc(Cl)cc12. The van der Waals surface area contributed by atoms with Crippen LogP contribution >= 0.6 is 23.2 Å². The van der Waals surface area contributed by atoms with E-state index in [0.717, 1.165) is 33.1 Å². The van der Waals surface area contributed by atoms with Crippen molar-refractivity contribution in [2.24, 2.45) is 16.5 Å². The average Bonchev–Trinajstić information content (AvgIpc) is 3.10. The molecule has 1 heterocycles. The normalized spacial score (nSPS) is 11.1. The number of H-pyrrole nitrogens is 1. The zero-order valence-corrected chi connectivity index (χ0v) is 17.9. The van der Waals surface area contributed by atoms with Crippen molar-refractivity contribution in [3.05, 3.63) is 70.0 Å². The summed E-state index contributed by atoms with van der Waals surface area (Å²) >= 11 is 12.0. The van der Waals surface area contributed by atoms with E-state index in [9.17, 15) is 4.39 Å². The summed E-state index contributed by atoms with van der Waals surface area (Å²) in [5.41, 5.74) is 14.4. The molecule has 0 atom stereocenters. The van der Waals surface area contributed by atoms with Crippen LogP contribution in [0.5, 0.6) is 0 Å². The minimum atomic E-state index is -0.468. The highest BCUT2D eigenvalue weighted by molar-refractivity contribution is 6.32. The zero-order valence-electron chi connectivity index (χ0n) is 16.3. The number of anilines is 2. The van der Waals surface area contributed by atoms with Crippen molar-refractivity contribution in [2.45, 2.75) is 6.42 Å². The van der Waals surface area contributed by atoms with E-state index in [2.05, 4.69) is 21.0 Å². The first kappa shape index (κ1) is 21.9. The standard InChI is InChI=1S/C21H17Cl2FN4.CH5N/c22-13-1-4-20-16(8-13)17-9-15(27-14-2-3-18(23)19(24)10-14)7-12(21(17)28-20)5-6-26-11-25;1-2/h1-4,7-11,27-28H,5-6H2,(H2,25,26);2H2,1H3. The Morgan fingerprint density at radius 1 is 1.03 bits per heavy atom. The van der Waals surface area contributed by atoms with E-state index in [1.54, 1.807) is 6.07 Å². The highest BCUT2D eigenvalue weighted by Crippen LogP contribution is 2.34. The molecule has 6 N–H and O–H groups in total. The van der Waals surface area contributed by atoms with Gasteiger partial charge in [0.2, 0.25) is 0 Å². The topological polar surface area (TPSA) is 92.2 Å². The third-order valence-corrected chi connectivity index (χ3v) is 5.12. The van der Waals surface area contributed by atoms with Crippen LogP contribution in [-0.4, -0.2) is 24.9 Å². The number of aromatic nitrogens is 1. The summed E-state index contributed by atoms with van der Waals surface area (Å²) in [5.74, 6) is -0.468. The third-order valence-electron chi connectivity index (χ3n) is 4.58. The van der Waals surface area contributed by atoms with Gasteiger partial charge in [0.25, 0.3) is 0 Å². The van der Waals surface area contributed by atoms with Crippen LogP contribution < -0.4 is 16.8 Å². The van der Waals surface area contributed by atoms with Crippen LogP contribution in [0, 0.1) is 5.82 Å². The second-order valence-corrected chi connectivity index (χ2v) is 7.28. The summed E-state index contributed by atoms with van der Waals surface area (Å²) in [6.07, 6.45) is 2.01. The van der Waals surface area contributed by atoms with Crippen molar-refractivity contribution >= 4 is 62.7 Å². The van der Waals surface area contributed by atoms with Gasteiger partial charge in [-0.1, -0.05) is 23.2 Å². The van der Waals surface area contributed by atoms with Crippen LogP contribution in [0.3, 0.4) is 0 Å². The smallest absolute Gasteiger partial charge is 0.143 e. The van der Waals surface area contributed by atoms with Gasteiger partial charge in [0.15, 0.2) is 0 Å². The monoisotopic (exact) mass is 445 g/mol. The molecule has 8 heteroatoms. The molecule has 4 aromatic rings. The molecule has 0 radical (unpaired) electrons. The number of benzene rings is 3. The highest BCUT2D eigenvalue weighted by Gasteiger charge is 2.12. The van der Waals surface area contributed by atoms with Gasteiger partial charge < -0.3 is 21.8 Å². The lowest BCUT2D eigenvalue weighted by molar-refractivity contribution is 0.629. The van der Waals surface area contributed by atoms with E-state index in [1.165, 1.54) is 25.5 Å². The van der Waals surface area contributed by atoms with E-state index in [-0.39, 0.29) is 5.02 Å². The molecule has 0 aliphatic rings. The van der Waals surface area contributed by atoms with E-state index >= 15 is 0 Å². The highest BCUT2D eigenvalue weighted by atomic mass is 35.5. The van der Waals surface area contributed by atoms with E-state index in [0.29, 0.717) is 23.7 Å². The molecule has 0 unspecified atom stereocenters. The van der Waals surface area contributed by atoms with Crippen LogP contribution in [0.25, 0.3) is 21.8 Å². The Kier molecular flexibility index (Phi) is 7.15. The van der Waals surface area contributed by atoms with Crippen LogP contribution in [0.15, 0.2) is 53.5 Å². The Bertz CT molecular complexity index is 1200. The molecule has 0 spiro atoms. The number of aliphatic imine (C=N–C) groups is 1. The molecule has 4 rings (SSSR count). The van der Waals surface area contributed by atoms with E-state index in [1.807, 2.05) is 30.3 Å². The number of halogens is 3. The molecule has 5 nitrogen and oxygen atoms in total. The summed E-state index contributed by atoms with van der Waals surface area (Å²) in [5, 5.41) is 6.07. The molecule has 0 aliphatic carbocycles. The van der Waals surface area contributed by atoms with Crippen LogP contribution in [0.1, 0.15) is 5.56 Å². The molecule has 0 aliphatic heterocycles. The number of hydrogen-bond acceptors (Lipinski definition) is 3. The first-order valence-electron chi connectivity index (χ1n) is 9.29. The molecule has 0 bridgehead atoms. The fraction of sp³-hybridized carbons (Fsp3) is 0.136. The third kappa shape index (κ3) is 4.67. The molecule has 3 aromatic carbocycles. The van der Waals surface area contributed by atoms with Crippen molar-refractivity contribution < 1.29 is 4.39 Å². The Balaban J connectivity index is 0.00000124. The van der Waals surface area contributed by atoms with Gasteiger partial charge in [0.05, 0.1) is 11.4 Å². The number of hydrogen-bond donors (Lipinski definition) is 4. The van der Waals surface area contributed by atoms with Crippen LogP contribution in [0.4, 0.5) is 15.8 Å². The fourth-order valence-electron chi connectivity index (χ4n) is 3.31. The first-order valence-corrected chi connectivity index (χ1v) is 10.0. The van der Waals surface area contributed by atoms with Crippen molar-refractivity contribution in [2.75, 3.05) is 18.9 Å². The molecular weight excluding hydrogens is 424 g/mol. The number of nitrogens with one attached hydrogen (secondary N) is 2. The predicted molar refractivity (Wildman–Crippen MR) is 127 cm³/mol. The molecule has 30 heavy (non-hydrogen) atoms. The van der Waals surface area contributed by atoms with Gasteiger partial charge in [-0.15, -0.1) is 0 Å². The summed E-state index contributed by atoms with van der Waals surface area (Å²) in [7, 11) is 1.50. The summed E-state index contributed by atoms with van der Waals surface area (Å²) < 4.78 is 13.8. The lowest BCUT2D eigenvalue weighted by Gasteiger charge is -2.11. The zero-order chi connectivity index (χ0) is 21.7. The predicted octanol–water partition coefficient (Wildman–Crippen LogP) is 5.62. The van der Waals surface area contributed by atoms with Gasteiger partial charge in [-0.05, 0) is 67.6 Å². The van der Waals surface area contributed by atoms with Gasteiger partial charge >= 0.3 is 0 Å². The Morgan fingerprint density at radius 3 is 2.57 bits per heavy atom. The van der Waals surface area contributed by atoms with Crippen molar-refractivity contribution in [3.8, 4) is 0 Å². The van der Waals surface area contributed by atoms with Crippen LogP contribution in [0.2, 0.25) is 10.0 Å². The first-order chi connectivity index (χ1) is 14.5. The van der Waals surface area contributed by atoms with E-state index in [4.69, 9.17) is 28.9 Å². The number of nitrogens with two attached hydrogens (primary N) is 2. The van der Waals surface area contributed by atoms with Gasteiger partial charge in [0.1, 0.15) is 5.82 Å². The maximum Gasteiger partial charge on any atom is 0.143 e. The maximum atomic E-state index is 13.8. The van der Waals surface area contributed by atoms with Crippen LogP contribution in [-0.2, 0) is 6.42 Å². The van der Waals surface area contributed by atoms with Gasteiger partial charge in [-0.3, -0.25) is 4.99 Å². The summed E-state index contributed by atoms with van der Waals surface area (Å²) in [6, 6.07) is 14.4. The Labute approximate surface area is 183 Å². The van der Waals surface area contributed by atoms with Gasteiger partial charge in [-0.2, -0.15) is 0 Å². The quantitative estimate of drug-likeness (QED) is 0.237. The minimum Gasteiger partial charge on any atom is -0.390 e. The van der Waals surface area contributed by atoms with Gasteiger partial charge in [0, 0.05) is 44.7 Å². The second-order valence-electron chi connectivity index (χ2n) is 6.43. The van der Waals surface area contributed by atoms with E-state index < -0.39 is 5.82 Å². The molecule has 156 valence electrons. The van der Waals surface area contributed by atoms with Crippen molar-refractivity contribution in [3.63, 3.8) is 0 Å². The lowest BCUT2D eigenvalue weighted by Crippen LogP contribution is -1.98. The van der Waals surface area contributed by atoms with Crippen molar-refractivity contribution in [1.29, 1.82) is 0 Å². The molecule has 1 aromatic heterocycles. The maximum absolute atomic E-state index is 13.8. The minimum absolute atomic E-state index is 0.0904. The van der Waals surface area contributed by atoms with Gasteiger partial charge in [-0.25, -0.2) is 4.39 Å². The lowest BCUT2D eigenvalue weighted by atomic mass is 10.0. The summed E-state index contributed by atoms with van der Waals surface area (Å²) in [4.78, 5) is 7.57. The summed E-state index contributed by atoms with van der Waals surface area (Å²) in [6.45, 7) is 0.570. The number of rotatable bonds is 5. The number of aromatic amines is 1. The molecular formula is C22H22Cl2FN5. The molecule has 0 amide bonds. The molecule has 0 saturated heterocycles. The molecule has 0 saturated carbocycles. The fourth-order valence-corrected chi connectivity index (χ4v) is 3.60. The number of nitrogens with zero attached hydrogens (tertiary/aromatic N) is 1. The second kappa shape index (κ2) is 9.80. The van der Waals surface area contributed by atoms with Crippen molar-refractivity contribution in [1.82, 2.24) is 4.98 Å². The Hall–Kier alpha value is -2.80. The Morgan fingerprint density at radius 2 is 1.83 bits per heavy atom.